The van der Waals surface area contributed by atoms with Gasteiger partial charge >= 0.3 is 0 Å². The fourth-order valence-corrected chi connectivity index (χ4v) is 3.02. The summed E-state index contributed by atoms with van der Waals surface area (Å²) in [5, 5.41) is 6.58. The predicted molar refractivity (Wildman–Crippen MR) is 117 cm³/mol. The second kappa shape index (κ2) is 10.0. The van der Waals surface area contributed by atoms with E-state index < -0.39 is 5.92 Å². The lowest BCUT2D eigenvalue weighted by molar-refractivity contribution is -0.00826. The average molecular weight is 391 g/mol. The molecule has 0 amide bonds. The highest BCUT2D eigenvalue weighted by Crippen LogP contribution is 2.32. The molecule has 0 saturated carbocycles. The van der Waals surface area contributed by atoms with Gasteiger partial charge in [-0.3, -0.25) is 0 Å². The number of benzene rings is 1. The maximum atomic E-state index is 13.8. The van der Waals surface area contributed by atoms with Crippen molar-refractivity contribution < 1.29 is 11.6 Å². The summed E-state index contributed by atoms with van der Waals surface area (Å²) < 4.78 is 27.6. The van der Waals surface area contributed by atoms with Crippen molar-refractivity contribution in [2.24, 2.45) is 4.99 Å². The molecule has 6 heteroatoms. The predicted octanol–water partition coefficient (Wildman–Crippen LogP) is 4.84. The van der Waals surface area contributed by atoms with Crippen molar-refractivity contribution in [3.63, 3.8) is 0 Å². The Kier molecular flexibility index (Phi) is 7.77. The molecule has 1 aromatic rings. The van der Waals surface area contributed by atoms with Crippen LogP contribution in [0.15, 0.2) is 53.8 Å². The number of allylic oxidation sites excluding steroid dienone is 1. The molecular formula is C22H32F2N4. The van der Waals surface area contributed by atoms with Crippen LogP contribution in [0.2, 0.25) is 0 Å². The highest BCUT2D eigenvalue weighted by atomic mass is 19.3. The molecule has 4 nitrogen and oxygen atoms in total. The number of nitrogens with zero attached hydrogens (tertiary/aromatic N) is 2. The zero-order chi connectivity index (χ0) is 20.6. The van der Waals surface area contributed by atoms with Crippen molar-refractivity contribution in [3.05, 3.63) is 54.4 Å². The first-order valence-corrected chi connectivity index (χ1v) is 9.46. The molecule has 1 saturated heterocycles. The summed E-state index contributed by atoms with van der Waals surface area (Å²) in [7, 11) is 0. The number of halogens is 2. The van der Waals surface area contributed by atoms with Gasteiger partial charge in [-0.25, -0.2) is 13.8 Å². The molecule has 1 aliphatic rings. The standard InChI is InChI=1S/C22H28F2N4.2H2/c1-5-8-20-16-28(15-14-25-20)21(26-13-6-2)17(4)27-19-11-9-18(10-12-19)22(23,24)7-3;;/h1,6,9-13,20,25,27H,4,7-8,14-16H2,2-3H3;2*1H/b13-6-,26-21?;;. The summed E-state index contributed by atoms with van der Waals surface area (Å²) in [5.41, 5.74) is 1.30. The van der Waals surface area contributed by atoms with Crippen molar-refractivity contribution in [3.8, 4) is 12.3 Å². The Bertz CT molecular complexity index is 770. The van der Waals surface area contributed by atoms with E-state index in [1.54, 1.807) is 18.3 Å². The molecule has 0 bridgehead atoms. The molecule has 0 aliphatic carbocycles. The van der Waals surface area contributed by atoms with Crippen molar-refractivity contribution in [1.82, 2.24) is 10.2 Å². The van der Waals surface area contributed by atoms with Crippen LogP contribution >= 0.6 is 0 Å². The quantitative estimate of drug-likeness (QED) is 0.398. The molecule has 154 valence electrons. The van der Waals surface area contributed by atoms with Crippen LogP contribution in [0, 0.1) is 12.3 Å². The van der Waals surface area contributed by atoms with Gasteiger partial charge in [-0.1, -0.05) is 31.7 Å². The summed E-state index contributed by atoms with van der Waals surface area (Å²) in [4.78, 5) is 6.66. The van der Waals surface area contributed by atoms with Crippen LogP contribution < -0.4 is 10.6 Å². The second-order valence-corrected chi connectivity index (χ2v) is 6.68. The van der Waals surface area contributed by atoms with E-state index in [4.69, 9.17) is 6.42 Å². The highest BCUT2D eigenvalue weighted by molar-refractivity contribution is 6.00. The molecule has 1 aliphatic heterocycles. The Morgan fingerprint density at radius 3 is 2.82 bits per heavy atom. The lowest BCUT2D eigenvalue weighted by Gasteiger charge is -2.35. The van der Waals surface area contributed by atoms with Gasteiger partial charge < -0.3 is 15.5 Å². The zero-order valence-electron chi connectivity index (χ0n) is 16.5. The number of amidine groups is 1. The zero-order valence-corrected chi connectivity index (χ0v) is 16.5. The smallest absolute Gasteiger partial charge is 0.273 e. The summed E-state index contributed by atoms with van der Waals surface area (Å²) in [5.74, 6) is 0.583. The van der Waals surface area contributed by atoms with Crippen LogP contribution in [0.25, 0.3) is 0 Å². The third-order valence-corrected chi connectivity index (χ3v) is 4.58. The first kappa shape index (κ1) is 21.6. The van der Waals surface area contributed by atoms with Crippen LogP contribution in [0.4, 0.5) is 14.5 Å². The molecule has 1 aromatic carbocycles. The number of alkyl halides is 2. The third kappa shape index (κ3) is 5.67. The fraction of sp³-hybridized carbons (Fsp3) is 0.409. The summed E-state index contributed by atoms with van der Waals surface area (Å²) in [6.07, 6.45) is 9.41. The van der Waals surface area contributed by atoms with Gasteiger partial charge in [0.05, 0.1) is 5.70 Å². The number of anilines is 1. The van der Waals surface area contributed by atoms with Crippen LogP contribution in [0.1, 0.15) is 35.1 Å². The Hall–Kier alpha value is -2.65. The minimum absolute atomic E-state index is 0. The number of hydrogen-bond acceptors (Lipinski definition) is 3. The van der Waals surface area contributed by atoms with Gasteiger partial charge in [0, 0.05) is 58.8 Å². The first-order valence-electron chi connectivity index (χ1n) is 9.46. The van der Waals surface area contributed by atoms with E-state index in [0.717, 1.165) is 19.6 Å². The first-order chi connectivity index (χ1) is 13.4. The minimum Gasteiger partial charge on any atom is -0.353 e. The van der Waals surface area contributed by atoms with Gasteiger partial charge in [-0.05, 0) is 19.1 Å². The summed E-state index contributed by atoms with van der Waals surface area (Å²) in [6, 6.07) is 6.34. The lowest BCUT2D eigenvalue weighted by Crippen LogP contribution is -2.53. The van der Waals surface area contributed by atoms with Crippen molar-refractivity contribution in [2.75, 3.05) is 25.0 Å². The van der Waals surface area contributed by atoms with Crippen molar-refractivity contribution in [2.45, 2.75) is 38.7 Å². The molecule has 0 spiro atoms. The molecule has 1 heterocycles. The van der Waals surface area contributed by atoms with E-state index in [0.29, 0.717) is 23.6 Å². The van der Waals surface area contributed by atoms with Crippen LogP contribution in [-0.4, -0.2) is 36.4 Å². The summed E-state index contributed by atoms with van der Waals surface area (Å²) in [6.45, 7) is 9.78. The van der Waals surface area contributed by atoms with Gasteiger partial charge in [-0.15, -0.1) is 12.3 Å². The highest BCUT2D eigenvalue weighted by Gasteiger charge is 2.28. The monoisotopic (exact) mass is 390 g/mol. The van der Waals surface area contributed by atoms with E-state index in [1.165, 1.54) is 19.1 Å². The Morgan fingerprint density at radius 1 is 1.50 bits per heavy atom. The van der Waals surface area contributed by atoms with Crippen LogP contribution in [0.5, 0.6) is 0 Å². The van der Waals surface area contributed by atoms with E-state index >= 15 is 0 Å². The second-order valence-electron chi connectivity index (χ2n) is 6.68. The SMILES string of the molecule is C#CCC1CN(C(=N/C=C\C)C(=C)Nc2ccc(C(F)(F)CC)cc2)CCN1.[HH].[HH]. The largest absolute Gasteiger partial charge is 0.353 e. The number of rotatable bonds is 7. The van der Waals surface area contributed by atoms with E-state index in [-0.39, 0.29) is 20.9 Å². The Balaban J connectivity index is 0.00000420. The number of hydrogen-bond donors (Lipinski definition) is 2. The van der Waals surface area contributed by atoms with Crippen molar-refractivity contribution >= 4 is 11.5 Å². The maximum absolute atomic E-state index is 13.8. The average Bonchev–Trinajstić information content (AvgIpc) is 2.69. The molecular weight excluding hydrogens is 358 g/mol. The molecule has 2 rings (SSSR count). The Morgan fingerprint density at radius 2 is 2.21 bits per heavy atom. The van der Waals surface area contributed by atoms with Gasteiger partial charge in [-0.2, -0.15) is 0 Å². The molecule has 1 atom stereocenters. The number of terminal acetylenes is 1. The number of aliphatic imine (C=N–C) groups is 1. The van der Waals surface area contributed by atoms with E-state index in [9.17, 15) is 8.78 Å². The van der Waals surface area contributed by atoms with Crippen LogP contribution in [-0.2, 0) is 5.92 Å². The lowest BCUT2D eigenvalue weighted by atomic mass is 10.1. The third-order valence-electron chi connectivity index (χ3n) is 4.58. The molecule has 2 N–H and O–H groups in total. The number of nitrogens with one attached hydrogen (secondary N) is 2. The molecule has 28 heavy (non-hydrogen) atoms. The van der Waals surface area contributed by atoms with E-state index in [1.807, 2.05) is 13.0 Å². The Labute approximate surface area is 169 Å². The normalized spacial score (nSPS) is 18.2. The fourth-order valence-electron chi connectivity index (χ4n) is 3.02. The molecule has 1 unspecified atom stereocenters. The van der Waals surface area contributed by atoms with Crippen LogP contribution in [0.3, 0.4) is 0 Å². The molecule has 0 radical (unpaired) electrons. The molecule has 1 fully saturated rings. The molecule has 0 aromatic heterocycles. The van der Waals surface area contributed by atoms with Gasteiger partial charge in [0.25, 0.3) is 5.92 Å². The summed E-state index contributed by atoms with van der Waals surface area (Å²) >= 11 is 0. The minimum atomic E-state index is -2.82. The van der Waals surface area contributed by atoms with Crippen molar-refractivity contribution in [1.29, 1.82) is 0 Å². The maximum Gasteiger partial charge on any atom is 0.273 e. The number of piperazine rings is 1. The van der Waals surface area contributed by atoms with Gasteiger partial charge in [0.15, 0.2) is 5.84 Å². The van der Waals surface area contributed by atoms with E-state index in [2.05, 4.69) is 33.0 Å². The topological polar surface area (TPSA) is 39.7 Å². The van der Waals surface area contributed by atoms with Gasteiger partial charge in [0.2, 0.25) is 0 Å². The van der Waals surface area contributed by atoms with Gasteiger partial charge in [0.1, 0.15) is 0 Å².